The van der Waals surface area contributed by atoms with Gasteiger partial charge >= 0.3 is 0 Å². The van der Waals surface area contributed by atoms with Crippen LogP contribution in [-0.2, 0) is 17.8 Å². The number of carbonyl (C=O) groups excluding carboxylic acids is 1. The SMILES string of the molecule is CC1CC(NC(=O)[C@@H]2Cc3ccccc3CN2)C1. The monoisotopic (exact) mass is 244 g/mol. The minimum atomic E-state index is -0.0594. The summed E-state index contributed by atoms with van der Waals surface area (Å²) in [6, 6.07) is 8.71. The maximum Gasteiger partial charge on any atom is 0.237 e. The number of amides is 1. The molecule has 18 heavy (non-hydrogen) atoms. The lowest BCUT2D eigenvalue weighted by molar-refractivity contribution is -0.124. The Morgan fingerprint density at radius 3 is 2.72 bits per heavy atom. The van der Waals surface area contributed by atoms with Gasteiger partial charge in [-0.15, -0.1) is 0 Å². The molecule has 0 spiro atoms. The highest BCUT2D eigenvalue weighted by molar-refractivity contribution is 5.82. The molecule has 0 bridgehead atoms. The summed E-state index contributed by atoms with van der Waals surface area (Å²) in [6.07, 6.45) is 3.08. The topological polar surface area (TPSA) is 41.1 Å². The van der Waals surface area contributed by atoms with Crippen molar-refractivity contribution in [3.63, 3.8) is 0 Å². The molecule has 3 nitrogen and oxygen atoms in total. The Morgan fingerprint density at radius 1 is 1.28 bits per heavy atom. The van der Waals surface area contributed by atoms with E-state index in [1.807, 2.05) is 6.07 Å². The fourth-order valence-corrected chi connectivity index (χ4v) is 2.96. The summed E-state index contributed by atoms with van der Waals surface area (Å²) >= 11 is 0. The molecular weight excluding hydrogens is 224 g/mol. The van der Waals surface area contributed by atoms with Crippen LogP contribution in [0.2, 0.25) is 0 Å². The molecule has 0 saturated heterocycles. The van der Waals surface area contributed by atoms with E-state index in [1.54, 1.807) is 0 Å². The summed E-state index contributed by atoms with van der Waals surface area (Å²) < 4.78 is 0. The first-order chi connectivity index (χ1) is 8.72. The first-order valence-electron chi connectivity index (χ1n) is 6.83. The largest absolute Gasteiger partial charge is 0.352 e. The molecule has 1 aromatic carbocycles. The predicted molar refractivity (Wildman–Crippen MR) is 71.1 cm³/mol. The van der Waals surface area contributed by atoms with Gasteiger partial charge in [-0.3, -0.25) is 4.79 Å². The van der Waals surface area contributed by atoms with Gasteiger partial charge in [-0.05, 0) is 36.3 Å². The summed E-state index contributed by atoms with van der Waals surface area (Å²) in [5.41, 5.74) is 2.62. The van der Waals surface area contributed by atoms with Gasteiger partial charge in [-0.2, -0.15) is 0 Å². The number of nitrogens with one attached hydrogen (secondary N) is 2. The number of carbonyl (C=O) groups is 1. The van der Waals surface area contributed by atoms with Gasteiger partial charge in [-0.1, -0.05) is 31.2 Å². The van der Waals surface area contributed by atoms with Crippen molar-refractivity contribution in [1.29, 1.82) is 0 Å². The number of hydrogen-bond donors (Lipinski definition) is 2. The molecule has 96 valence electrons. The maximum absolute atomic E-state index is 12.1. The first kappa shape index (κ1) is 11.7. The Labute approximate surface area is 108 Å². The van der Waals surface area contributed by atoms with E-state index in [0.717, 1.165) is 31.7 Å². The van der Waals surface area contributed by atoms with E-state index in [2.05, 4.69) is 35.8 Å². The van der Waals surface area contributed by atoms with Crippen molar-refractivity contribution in [3.05, 3.63) is 35.4 Å². The quantitative estimate of drug-likeness (QED) is 0.830. The van der Waals surface area contributed by atoms with Gasteiger partial charge in [0.1, 0.15) is 0 Å². The van der Waals surface area contributed by atoms with Gasteiger partial charge in [-0.25, -0.2) is 0 Å². The van der Waals surface area contributed by atoms with E-state index < -0.39 is 0 Å². The van der Waals surface area contributed by atoms with Gasteiger partial charge in [0.05, 0.1) is 6.04 Å². The van der Waals surface area contributed by atoms with E-state index in [0.29, 0.717) is 6.04 Å². The molecule has 1 saturated carbocycles. The summed E-state index contributed by atoms with van der Waals surface area (Å²) in [5, 5.41) is 6.47. The molecule has 0 aromatic heterocycles. The van der Waals surface area contributed by atoms with Gasteiger partial charge in [0.25, 0.3) is 0 Å². The van der Waals surface area contributed by atoms with E-state index in [4.69, 9.17) is 0 Å². The second-order valence-corrected chi connectivity index (χ2v) is 5.69. The highest BCUT2D eigenvalue weighted by atomic mass is 16.2. The molecule has 3 rings (SSSR count). The maximum atomic E-state index is 12.1. The van der Waals surface area contributed by atoms with E-state index in [9.17, 15) is 4.79 Å². The summed E-state index contributed by atoms with van der Waals surface area (Å²) in [7, 11) is 0. The summed E-state index contributed by atoms with van der Waals surface area (Å²) in [6.45, 7) is 3.03. The number of fused-ring (bicyclic) bond motifs is 1. The van der Waals surface area contributed by atoms with E-state index in [-0.39, 0.29) is 11.9 Å². The second-order valence-electron chi connectivity index (χ2n) is 5.69. The second kappa shape index (κ2) is 4.73. The lowest BCUT2D eigenvalue weighted by Gasteiger charge is -2.35. The Hall–Kier alpha value is -1.35. The smallest absolute Gasteiger partial charge is 0.237 e. The molecule has 1 fully saturated rings. The summed E-state index contributed by atoms with van der Waals surface area (Å²) in [4.78, 5) is 12.1. The first-order valence-corrected chi connectivity index (χ1v) is 6.83. The van der Waals surface area contributed by atoms with Crippen LogP contribution in [0.25, 0.3) is 0 Å². The van der Waals surface area contributed by atoms with Crippen molar-refractivity contribution in [2.45, 2.75) is 44.8 Å². The van der Waals surface area contributed by atoms with Crippen molar-refractivity contribution in [1.82, 2.24) is 10.6 Å². The fourth-order valence-electron chi connectivity index (χ4n) is 2.96. The molecule has 0 radical (unpaired) electrons. The van der Waals surface area contributed by atoms with Crippen LogP contribution >= 0.6 is 0 Å². The zero-order valence-corrected chi connectivity index (χ0v) is 10.8. The normalized spacial score (nSPS) is 30.2. The van der Waals surface area contributed by atoms with Crippen LogP contribution in [0.5, 0.6) is 0 Å². The average Bonchev–Trinajstić information content (AvgIpc) is 2.36. The Bertz CT molecular complexity index is 452. The summed E-state index contributed by atoms with van der Waals surface area (Å²) in [5.74, 6) is 0.941. The molecule has 3 heteroatoms. The zero-order valence-electron chi connectivity index (χ0n) is 10.8. The molecule has 1 amide bonds. The van der Waals surface area contributed by atoms with Crippen LogP contribution in [0.15, 0.2) is 24.3 Å². The van der Waals surface area contributed by atoms with E-state index in [1.165, 1.54) is 11.1 Å². The third-order valence-electron chi connectivity index (χ3n) is 4.12. The van der Waals surface area contributed by atoms with Crippen LogP contribution in [0.4, 0.5) is 0 Å². The van der Waals surface area contributed by atoms with Crippen molar-refractivity contribution in [2.75, 3.05) is 0 Å². The van der Waals surface area contributed by atoms with Crippen molar-refractivity contribution < 1.29 is 4.79 Å². The molecule has 0 unspecified atom stereocenters. The Kier molecular flexibility index (Phi) is 3.08. The van der Waals surface area contributed by atoms with Crippen LogP contribution in [0, 0.1) is 5.92 Å². The number of benzene rings is 1. The fraction of sp³-hybridized carbons (Fsp3) is 0.533. The van der Waals surface area contributed by atoms with Crippen LogP contribution in [0.3, 0.4) is 0 Å². The lowest BCUT2D eigenvalue weighted by Crippen LogP contribution is -2.53. The van der Waals surface area contributed by atoms with Gasteiger partial charge < -0.3 is 10.6 Å². The van der Waals surface area contributed by atoms with Crippen molar-refractivity contribution in [3.8, 4) is 0 Å². The number of hydrogen-bond acceptors (Lipinski definition) is 2. The zero-order chi connectivity index (χ0) is 12.5. The molecule has 1 atom stereocenters. The van der Waals surface area contributed by atoms with Crippen molar-refractivity contribution >= 4 is 5.91 Å². The minimum Gasteiger partial charge on any atom is -0.352 e. The molecule has 1 aliphatic carbocycles. The van der Waals surface area contributed by atoms with E-state index >= 15 is 0 Å². The van der Waals surface area contributed by atoms with Crippen LogP contribution < -0.4 is 10.6 Å². The molecule has 1 heterocycles. The van der Waals surface area contributed by atoms with Crippen molar-refractivity contribution in [2.24, 2.45) is 5.92 Å². The lowest BCUT2D eigenvalue weighted by atomic mass is 9.81. The molecule has 1 aromatic rings. The third kappa shape index (κ3) is 2.27. The predicted octanol–water partition coefficient (Wildman–Crippen LogP) is 1.62. The third-order valence-corrected chi connectivity index (χ3v) is 4.12. The highest BCUT2D eigenvalue weighted by Crippen LogP contribution is 2.26. The molecular formula is C15H20N2O. The van der Waals surface area contributed by atoms with Crippen LogP contribution in [0.1, 0.15) is 30.9 Å². The molecule has 1 aliphatic heterocycles. The Morgan fingerprint density at radius 2 is 2.00 bits per heavy atom. The van der Waals surface area contributed by atoms with Crippen LogP contribution in [-0.4, -0.2) is 18.0 Å². The number of rotatable bonds is 2. The average molecular weight is 244 g/mol. The highest BCUT2D eigenvalue weighted by Gasteiger charge is 2.30. The van der Waals surface area contributed by atoms with Gasteiger partial charge in [0.15, 0.2) is 0 Å². The molecule has 2 N–H and O–H groups in total. The van der Waals surface area contributed by atoms with Gasteiger partial charge in [0.2, 0.25) is 5.91 Å². The minimum absolute atomic E-state index is 0.0594. The standard InChI is InChI=1S/C15H20N2O/c1-10-6-13(7-10)17-15(18)14-8-11-4-2-3-5-12(11)9-16-14/h2-5,10,13-14,16H,6-9H2,1H3,(H,17,18)/t10?,13?,14-/m0/s1. The van der Waals surface area contributed by atoms with Gasteiger partial charge in [0, 0.05) is 12.6 Å². The molecule has 2 aliphatic rings. The Balaban J connectivity index is 1.60.